The third kappa shape index (κ3) is 2.36. The Morgan fingerprint density at radius 3 is 1.65 bits per heavy atom. The van der Waals surface area contributed by atoms with E-state index in [0.29, 0.717) is 0 Å². The van der Waals surface area contributed by atoms with Crippen LogP contribution in [0.4, 0.5) is 0 Å². The van der Waals surface area contributed by atoms with Gasteiger partial charge in [-0.05, 0) is 12.5 Å². The van der Waals surface area contributed by atoms with Crippen molar-refractivity contribution < 1.29 is 4.57 Å². The largest absolute Gasteiger partial charge is 0.318 e. The van der Waals surface area contributed by atoms with Gasteiger partial charge in [0, 0.05) is 15.6 Å². The van der Waals surface area contributed by atoms with Gasteiger partial charge in [-0.3, -0.25) is 0 Å². The number of benzene rings is 1. The molecule has 0 heterocycles. The number of aryl methyl sites for hydroxylation is 1. The lowest BCUT2D eigenvalue weighted by atomic mass is 10.2. The van der Waals surface area contributed by atoms with E-state index in [1.807, 2.05) is 18.2 Å². The van der Waals surface area contributed by atoms with Gasteiger partial charge in [0.15, 0.2) is 0 Å². The smallest absolute Gasteiger partial charge is 0.125 e. The first kappa shape index (κ1) is 14.5. The van der Waals surface area contributed by atoms with Gasteiger partial charge in [-0.2, -0.15) is 0 Å². The maximum atomic E-state index is 13.7. The summed E-state index contributed by atoms with van der Waals surface area (Å²) in [4.78, 5) is 0. The van der Waals surface area contributed by atoms with Crippen molar-refractivity contribution in [2.75, 3.05) is 0 Å². The summed E-state index contributed by atoms with van der Waals surface area (Å²) in [7, 11) is -2.48. The summed E-state index contributed by atoms with van der Waals surface area (Å²) in [6.45, 7) is 14.6. The summed E-state index contributed by atoms with van der Waals surface area (Å²) in [6.07, 6.45) is 0. The van der Waals surface area contributed by atoms with Crippen LogP contribution in [0.2, 0.25) is 0 Å². The van der Waals surface area contributed by atoms with E-state index in [1.165, 1.54) is 0 Å². The summed E-state index contributed by atoms with van der Waals surface area (Å²) < 4.78 is 13.7. The molecule has 0 aromatic heterocycles. The van der Waals surface area contributed by atoms with Crippen LogP contribution in [-0.4, -0.2) is 10.3 Å². The van der Waals surface area contributed by atoms with Crippen LogP contribution in [0.25, 0.3) is 0 Å². The van der Waals surface area contributed by atoms with Crippen LogP contribution in [0.3, 0.4) is 0 Å². The van der Waals surface area contributed by atoms with Crippen molar-refractivity contribution in [1.29, 1.82) is 0 Å². The molecule has 0 atom stereocenters. The first-order chi connectivity index (χ1) is 7.52. The Hall–Kier alpha value is -0.550. The van der Waals surface area contributed by atoms with Crippen LogP contribution in [0, 0.1) is 6.92 Å². The van der Waals surface area contributed by atoms with Crippen LogP contribution in [0.1, 0.15) is 47.1 Å². The molecular weight excluding hydrogens is 227 g/mol. The second-order valence-electron chi connectivity index (χ2n) is 6.74. The van der Waals surface area contributed by atoms with Gasteiger partial charge in [0.05, 0.1) is 0 Å². The highest BCUT2D eigenvalue weighted by atomic mass is 31.2. The fourth-order valence-corrected chi connectivity index (χ4v) is 6.97. The maximum absolute atomic E-state index is 13.7. The first-order valence-electron chi connectivity index (χ1n) is 6.18. The summed E-state index contributed by atoms with van der Waals surface area (Å²) in [5, 5.41) is 0.620. The van der Waals surface area contributed by atoms with Crippen molar-refractivity contribution in [3.05, 3.63) is 29.8 Å². The van der Waals surface area contributed by atoms with E-state index in [0.717, 1.165) is 10.9 Å². The van der Waals surface area contributed by atoms with Crippen molar-refractivity contribution in [2.24, 2.45) is 0 Å². The molecule has 0 aliphatic heterocycles. The third-order valence-electron chi connectivity index (χ3n) is 3.34. The van der Waals surface area contributed by atoms with E-state index >= 15 is 0 Å². The fraction of sp³-hybridized carbons (Fsp3) is 0.600. The molecule has 0 amide bonds. The number of hydrogen-bond acceptors (Lipinski definition) is 1. The molecule has 17 heavy (non-hydrogen) atoms. The van der Waals surface area contributed by atoms with Gasteiger partial charge in [0.1, 0.15) is 7.14 Å². The van der Waals surface area contributed by atoms with Crippen LogP contribution < -0.4 is 5.30 Å². The van der Waals surface area contributed by atoms with Crippen molar-refractivity contribution in [1.82, 2.24) is 0 Å². The monoisotopic (exact) mass is 252 g/mol. The molecule has 2 heteroatoms. The second kappa shape index (κ2) is 4.28. The molecule has 0 bridgehead atoms. The molecule has 0 radical (unpaired) electrons. The summed E-state index contributed by atoms with van der Waals surface area (Å²) in [5.41, 5.74) is 1.14. The Morgan fingerprint density at radius 2 is 1.29 bits per heavy atom. The van der Waals surface area contributed by atoms with Gasteiger partial charge in [-0.25, -0.2) is 0 Å². The lowest BCUT2D eigenvalue weighted by molar-refractivity contribution is 0.527. The van der Waals surface area contributed by atoms with E-state index in [4.69, 9.17) is 0 Å². The molecule has 1 aromatic carbocycles. The summed E-state index contributed by atoms with van der Waals surface area (Å²) in [6, 6.07) is 8.09. The van der Waals surface area contributed by atoms with Crippen molar-refractivity contribution >= 4 is 12.4 Å². The van der Waals surface area contributed by atoms with Gasteiger partial charge < -0.3 is 4.57 Å². The zero-order valence-electron chi connectivity index (χ0n) is 12.2. The second-order valence-corrected chi connectivity index (χ2v) is 11.1. The Kier molecular flexibility index (Phi) is 3.65. The Balaban J connectivity index is 3.59. The lowest BCUT2D eigenvalue weighted by Gasteiger charge is -2.42. The van der Waals surface area contributed by atoms with E-state index in [1.54, 1.807) is 0 Å². The van der Waals surface area contributed by atoms with Gasteiger partial charge in [-0.1, -0.05) is 65.8 Å². The van der Waals surface area contributed by atoms with Crippen LogP contribution in [-0.2, 0) is 4.57 Å². The Bertz CT molecular complexity index is 429. The molecule has 0 saturated heterocycles. The van der Waals surface area contributed by atoms with Crippen molar-refractivity contribution in [2.45, 2.75) is 58.8 Å². The maximum Gasteiger partial charge on any atom is 0.125 e. The normalized spacial score (nSPS) is 13.8. The molecule has 0 fully saturated rings. The average molecular weight is 252 g/mol. The van der Waals surface area contributed by atoms with Crippen molar-refractivity contribution in [3.8, 4) is 0 Å². The molecule has 0 spiro atoms. The predicted octanol–water partition coefficient (Wildman–Crippen LogP) is 4.58. The zero-order valence-corrected chi connectivity index (χ0v) is 13.1. The van der Waals surface area contributed by atoms with Gasteiger partial charge in [0.25, 0.3) is 0 Å². The molecule has 0 N–H and O–H groups in total. The Labute approximate surface area is 106 Å². The molecule has 1 rings (SSSR count). The molecule has 96 valence electrons. The molecule has 0 aliphatic rings. The third-order valence-corrected chi connectivity index (χ3v) is 8.30. The zero-order chi connectivity index (χ0) is 13.5. The number of rotatable bonds is 1. The van der Waals surface area contributed by atoms with Gasteiger partial charge in [0.2, 0.25) is 0 Å². The highest BCUT2D eigenvalue weighted by molar-refractivity contribution is 7.74. The minimum atomic E-state index is -2.48. The van der Waals surface area contributed by atoms with E-state index in [2.05, 4.69) is 54.5 Å². The predicted molar refractivity (Wildman–Crippen MR) is 77.9 cm³/mol. The molecule has 0 saturated carbocycles. The Morgan fingerprint density at radius 1 is 0.882 bits per heavy atom. The molecule has 1 nitrogen and oxygen atoms in total. The van der Waals surface area contributed by atoms with E-state index < -0.39 is 7.14 Å². The molecular formula is C15H25OP. The lowest BCUT2D eigenvalue weighted by Crippen LogP contribution is -2.35. The van der Waals surface area contributed by atoms with Gasteiger partial charge >= 0.3 is 0 Å². The minimum Gasteiger partial charge on any atom is -0.318 e. The van der Waals surface area contributed by atoms with Crippen LogP contribution in [0.5, 0.6) is 0 Å². The minimum absolute atomic E-state index is 0.211. The van der Waals surface area contributed by atoms with Crippen molar-refractivity contribution in [3.63, 3.8) is 0 Å². The quantitative estimate of drug-likeness (QED) is 0.668. The van der Waals surface area contributed by atoms with Crippen LogP contribution in [0.15, 0.2) is 24.3 Å². The number of hydrogen-bond donors (Lipinski definition) is 0. The SMILES string of the molecule is Cc1ccccc1P(=O)(C(C)(C)C)C(C)(C)C. The van der Waals surface area contributed by atoms with E-state index in [9.17, 15) is 4.57 Å². The first-order valence-corrected chi connectivity index (χ1v) is 7.89. The van der Waals surface area contributed by atoms with Gasteiger partial charge in [-0.15, -0.1) is 0 Å². The molecule has 0 aliphatic carbocycles. The average Bonchev–Trinajstić information content (AvgIpc) is 2.13. The highest BCUT2D eigenvalue weighted by Crippen LogP contribution is 2.66. The van der Waals surface area contributed by atoms with E-state index in [-0.39, 0.29) is 10.3 Å². The summed E-state index contributed by atoms with van der Waals surface area (Å²) >= 11 is 0. The molecule has 0 unspecified atom stereocenters. The van der Waals surface area contributed by atoms with Crippen LogP contribution >= 0.6 is 7.14 Å². The summed E-state index contributed by atoms with van der Waals surface area (Å²) in [5.74, 6) is 0. The topological polar surface area (TPSA) is 17.1 Å². The standard InChI is InChI=1S/C15H25OP/c1-12-10-8-9-11-13(12)17(16,14(2,3)4)15(5,6)7/h8-11H,1-7H3. The molecule has 1 aromatic rings. The highest BCUT2D eigenvalue weighted by Gasteiger charge is 2.47. The fourth-order valence-electron chi connectivity index (χ4n) is 2.65.